The van der Waals surface area contributed by atoms with Gasteiger partial charge in [-0.1, -0.05) is 12.5 Å². The summed E-state index contributed by atoms with van der Waals surface area (Å²) < 4.78 is 2.20. The van der Waals surface area contributed by atoms with Gasteiger partial charge in [0.1, 0.15) is 5.82 Å². The van der Waals surface area contributed by atoms with E-state index in [1.807, 2.05) is 13.0 Å². The van der Waals surface area contributed by atoms with Crippen molar-refractivity contribution in [2.45, 2.75) is 64.5 Å². The lowest BCUT2D eigenvalue weighted by atomic mass is 10.1. The van der Waals surface area contributed by atoms with E-state index in [9.17, 15) is 4.79 Å². The number of hydrogen-bond acceptors (Lipinski definition) is 3. The highest BCUT2D eigenvalue weighted by molar-refractivity contribution is 5.94. The lowest BCUT2D eigenvalue weighted by Crippen LogP contribution is -2.29. The number of nitrogens with one attached hydrogen (secondary N) is 1. The molecule has 1 aromatic carbocycles. The van der Waals surface area contributed by atoms with Gasteiger partial charge in [-0.25, -0.2) is 0 Å². The predicted molar refractivity (Wildman–Crippen MR) is 91.9 cm³/mol. The van der Waals surface area contributed by atoms with Crippen LogP contribution in [0.15, 0.2) is 18.2 Å². The maximum Gasteiger partial charge on any atom is 0.251 e. The zero-order chi connectivity index (χ0) is 16.5. The van der Waals surface area contributed by atoms with Gasteiger partial charge in [-0.05, 0) is 62.3 Å². The van der Waals surface area contributed by atoms with Crippen LogP contribution in [0.2, 0.25) is 0 Å². The number of hydrogen-bond donors (Lipinski definition) is 1. The molecule has 0 bridgehead atoms. The molecule has 0 spiro atoms. The minimum absolute atomic E-state index is 0.0248. The fourth-order valence-electron chi connectivity index (χ4n) is 3.89. The Hall–Kier alpha value is -2.17. The van der Waals surface area contributed by atoms with Crippen LogP contribution >= 0.6 is 0 Å². The summed E-state index contributed by atoms with van der Waals surface area (Å²) in [5.41, 5.74) is 3.46. The Morgan fingerprint density at radius 1 is 1.08 bits per heavy atom. The number of nitrogens with zero attached hydrogens (tertiary/aromatic N) is 3. The van der Waals surface area contributed by atoms with E-state index in [2.05, 4.69) is 32.2 Å². The normalized spacial score (nSPS) is 17.7. The summed E-state index contributed by atoms with van der Waals surface area (Å²) >= 11 is 0. The van der Waals surface area contributed by atoms with E-state index in [1.54, 1.807) is 0 Å². The summed E-state index contributed by atoms with van der Waals surface area (Å²) in [6, 6.07) is 5.96. The maximum absolute atomic E-state index is 12.6. The van der Waals surface area contributed by atoms with E-state index < -0.39 is 0 Å². The zero-order valence-corrected chi connectivity index (χ0v) is 14.2. The molecule has 1 amide bonds. The van der Waals surface area contributed by atoms with Crippen LogP contribution in [0.1, 0.15) is 71.8 Å². The van der Waals surface area contributed by atoms with Gasteiger partial charge in [0.15, 0.2) is 5.82 Å². The summed E-state index contributed by atoms with van der Waals surface area (Å²) in [6.45, 7) is 2.95. The van der Waals surface area contributed by atoms with Crippen molar-refractivity contribution in [2.24, 2.45) is 0 Å². The summed E-state index contributed by atoms with van der Waals surface area (Å²) in [7, 11) is 0. The Morgan fingerprint density at radius 3 is 2.88 bits per heavy atom. The van der Waals surface area contributed by atoms with Gasteiger partial charge in [0.2, 0.25) is 0 Å². The van der Waals surface area contributed by atoms with Crippen molar-refractivity contribution in [3.05, 3.63) is 46.5 Å². The molecule has 2 heterocycles. The van der Waals surface area contributed by atoms with Crippen LogP contribution in [0.4, 0.5) is 0 Å². The number of aryl methyl sites for hydroxylation is 3. The highest BCUT2D eigenvalue weighted by Crippen LogP contribution is 2.23. The number of carbonyl (C=O) groups is 1. The molecule has 0 fully saturated rings. The molecule has 1 N–H and O–H groups in total. The Bertz CT molecular complexity index is 765. The van der Waals surface area contributed by atoms with E-state index in [0.717, 1.165) is 49.4 Å². The Kier molecular flexibility index (Phi) is 4.08. The first-order valence-electron chi connectivity index (χ1n) is 9.07. The molecular weight excluding hydrogens is 300 g/mol. The molecule has 2 aliphatic rings. The third-order valence-electron chi connectivity index (χ3n) is 5.23. The van der Waals surface area contributed by atoms with Gasteiger partial charge in [-0.15, -0.1) is 10.2 Å². The molecule has 0 saturated heterocycles. The molecule has 1 aromatic heterocycles. The second-order valence-corrected chi connectivity index (χ2v) is 6.97. The van der Waals surface area contributed by atoms with Crippen molar-refractivity contribution in [3.8, 4) is 0 Å². The standard InChI is InChI=1S/C19H24N4O/c1-13(18-22-21-17-8-3-2-4-11-23(17)18)20-19(24)16-10-9-14-6-5-7-15(14)12-16/h9-10,12-13H,2-8,11H2,1H3,(H,20,24). The van der Waals surface area contributed by atoms with E-state index >= 15 is 0 Å². The molecular formula is C19H24N4O. The van der Waals surface area contributed by atoms with Gasteiger partial charge in [-0.2, -0.15) is 0 Å². The molecule has 1 atom stereocenters. The van der Waals surface area contributed by atoms with Gasteiger partial charge in [-0.3, -0.25) is 4.79 Å². The number of benzene rings is 1. The van der Waals surface area contributed by atoms with Crippen LogP contribution < -0.4 is 5.32 Å². The molecule has 1 aliphatic carbocycles. The van der Waals surface area contributed by atoms with Crippen molar-refractivity contribution in [3.63, 3.8) is 0 Å². The molecule has 1 aliphatic heterocycles. The number of aromatic nitrogens is 3. The minimum Gasteiger partial charge on any atom is -0.342 e. The lowest BCUT2D eigenvalue weighted by Gasteiger charge is -2.15. The van der Waals surface area contributed by atoms with Crippen molar-refractivity contribution in [2.75, 3.05) is 0 Å². The summed E-state index contributed by atoms with van der Waals surface area (Å²) in [5, 5.41) is 11.8. The van der Waals surface area contributed by atoms with Crippen LogP contribution in [0, 0.1) is 0 Å². The topological polar surface area (TPSA) is 59.8 Å². The quantitative estimate of drug-likeness (QED) is 0.944. The molecule has 24 heavy (non-hydrogen) atoms. The summed E-state index contributed by atoms with van der Waals surface area (Å²) in [4.78, 5) is 12.6. The smallest absolute Gasteiger partial charge is 0.251 e. The first-order valence-corrected chi connectivity index (χ1v) is 9.07. The number of amides is 1. The third kappa shape index (κ3) is 2.83. The Morgan fingerprint density at radius 2 is 1.96 bits per heavy atom. The highest BCUT2D eigenvalue weighted by Gasteiger charge is 2.21. The lowest BCUT2D eigenvalue weighted by molar-refractivity contribution is 0.0937. The molecule has 4 rings (SSSR count). The number of fused-ring (bicyclic) bond motifs is 2. The largest absolute Gasteiger partial charge is 0.342 e. The number of rotatable bonds is 3. The molecule has 126 valence electrons. The fraction of sp³-hybridized carbons (Fsp3) is 0.526. The first-order chi connectivity index (χ1) is 11.7. The number of carbonyl (C=O) groups excluding carboxylic acids is 1. The van der Waals surface area contributed by atoms with Crippen molar-refractivity contribution in [1.29, 1.82) is 0 Å². The monoisotopic (exact) mass is 324 g/mol. The summed E-state index contributed by atoms with van der Waals surface area (Å²) in [6.07, 6.45) is 7.97. The van der Waals surface area contributed by atoms with Gasteiger partial charge in [0, 0.05) is 18.5 Å². The van der Waals surface area contributed by atoms with Crippen LogP contribution in [-0.2, 0) is 25.8 Å². The van der Waals surface area contributed by atoms with Gasteiger partial charge in [0.25, 0.3) is 5.91 Å². The Labute approximate surface area is 142 Å². The van der Waals surface area contributed by atoms with Crippen LogP contribution in [0.3, 0.4) is 0 Å². The van der Waals surface area contributed by atoms with Gasteiger partial charge in [0.05, 0.1) is 6.04 Å². The third-order valence-corrected chi connectivity index (χ3v) is 5.23. The maximum atomic E-state index is 12.6. The highest BCUT2D eigenvalue weighted by atomic mass is 16.1. The van der Waals surface area contributed by atoms with Crippen LogP contribution in [0.25, 0.3) is 0 Å². The second-order valence-electron chi connectivity index (χ2n) is 6.97. The average molecular weight is 324 g/mol. The first kappa shape index (κ1) is 15.4. The predicted octanol–water partition coefficient (Wildman–Crippen LogP) is 2.98. The molecule has 5 heteroatoms. The minimum atomic E-state index is -0.134. The Balaban J connectivity index is 1.51. The fourth-order valence-corrected chi connectivity index (χ4v) is 3.89. The molecule has 0 radical (unpaired) electrons. The van der Waals surface area contributed by atoms with Crippen molar-refractivity contribution < 1.29 is 4.79 Å². The van der Waals surface area contributed by atoms with Gasteiger partial charge < -0.3 is 9.88 Å². The van der Waals surface area contributed by atoms with Crippen LogP contribution in [0.5, 0.6) is 0 Å². The second kappa shape index (κ2) is 6.38. The zero-order valence-electron chi connectivity index (χ0n) is 14.2. The van der Waals surface area contributed by atoms with Gasteiger partial charge >= 0.3 is 0 Å². The van der Waals surface area contributed by atoms with E-state index in [-0.39, 0.29) is 11.9 Å². The van der Waals surface area contributed by atoms with E-state index in [0.29, 0.717) is 0 Å². The van der Waals surface area contributed by atoms with Crippen LogP contribution in [-0.4, -0.2) is 20.7 Å². The van der Waals surface area contributed by atoms with Crippen molar-refractivity contribution in [1.82, 2.24) is 20.1 Å². The molecule has 0 saturated carbocycles. The van der Waals surface area contributed by atoms with Crippen molar-refractivity contribution >= 4 is 5.91 Å². The van der Waals surface area contributed by atoms with E-state index in [1.165, 1.54) is 30.4 Å². The summed E-state index contributed by atoms with van der Waals surface area (Å²) in [5.74, 6) is 1.91. The van der Waals surface area contributed by atoms with E-state index in [4.69, 9.17) is 0 Å². The average Bonchev–Trinajstić information content (AvgIpc) is 3.15. The molecule has 1 unspecified atom stereocenters. The molecule has 5 nitrogen and oxygen atoms in total. The molecule has 2 aromatic rings. The SMILES string of the molecule is CC(NC(=O)c1ccc2c(c1)CCC2)c1nnc2n1CCCCC2.